The Hall–Kier alpha value is -1.89. The molecule has 1 heterocycles. The molecule has 1 N–H and O–H groups in total. The zero-order chi connectivity index (χ0) is 17.4. The molecule has 0 radical (unpaired) electrons. The first kappa shape index (κ1) is 17.5. The highest BCUT2D eigenvalue weighted by Crippen LogP contribution is 2.22. The van der Waals surface area contributed by atoms with Crippen LogP contribution >= 0.6 is 0 Å². The molecule has 0 spiro atoms. The van der Waals surface area contributed by atoms with Crippen LogP contribution in [0.2, 0.25) is 0 Å². The molecule has 0 unspecified atom stereocenters. The molecule has 1 saturated heterocycles. The molecule has 1 aromatic rings. The van der Waals surface area contributed by atoms with E-state index in [9.17, 15) is 18.0 Å². The van der Waals surface area contributed by atoms with Gasteiger partial charge < -0.3 is 10.2 Å². The van der Waals surface area contributed by atoms with Gasteiger partial charge in [-0.1, -0.05) is 0 Å². The molecule has 0 atom stereocenters. The molecule has 6 nitrogen and oxygen atoms in total. The van der Waals surface area contributed by atoms with Gasteiger partial charge in [0.05, 0.1) is 10.1 Å². The van der Waals surface area contributed by atoms with Gasteiger partial charge in [0.15, 0.2) is 9.84 Å². The number of nitrogens with one attached hydrogen (secondary N) is 1. The Kier molecular flexibility index (Phi) is 4.52. The molecule has 2 amide bonds. The van der Waals surface area contributed by atoms with E-state index in [0.717, 1.165) is 0 Å². The van der Waals surface area contributed by atoms with Crippen molar-refractivity contribution in [2.24, 2.45) is 0 Å². The summed E-state index contributed by atoms with van der Waals surface area (Å²) in [4.78, 5) is 26.3. The number of sulfone groups is 1. The van der Waals surface area contributed by atoms with E-state index in [0.29, 0.717) is 18.7 Å². The molecule has 0 aliphatic carbocycles. The lowest BCUT2D eigenvalue weighted by Crippen LogP contribution is -2.63. The van der Waals surface area contributed by atoms with E-state index in [-0.39, 0.29) is 16.7 Å². The summed E-state index contributed by atoms with van der Waals surface area (Å²) in [6.07, 6.45) is 0. The van der Waals surface area contributed by atoms with Crippen molar-refractivity contribution in [1.82, 2.24) is 10.2 Å². The summed E-state index contributed by atoms with van der Waals surface area (Å²) in [5, 5.41) is 2.22. The molecule has 7 heteroatoms. The van der Waals surface area contributed by atoms with Crippen molar-refractivity contribution >= 4 is 21.7 Å². The molecule has 0 aromatic heterocycles. The number of amides is 2. The summed E-state index contributed by atoms with van der Waals surface area (Å²) in [6.45, 7) is 7.44. The van der Waals surface area contributed by atoms with E-state index in [1.165, 1.54) is 29.2 Å². The van der Waals surface area contributed by atoms with Crippen LogP contribution in [0.25, 0.3) is 0 Å². The van der Waals surface area contributed by atoms with Crippen LogP contribution in [0.3, 0.4) is 0 Å². The van der Waals surface area contributed by atoms with Crippen LogP contribution in [-0.4, -0.2) is 49.0 Å². The fourth-order valence-corrected chi connectivity index (χ4v) is 3.53. The normalized spacial score (nSPS) is 18.0. The fraction of sp³-hybridized carbons (Fsp3) is 0.500. The Balaban J connectivity index is 2.29. The third-order valence-corrected chi connectivity index (χ3v) is 6.32. The highest BCUT2D eigenvalue weighted by molar-refractivity contribution is 7.92. The Morgan fingerprint density at radius 2 is 1.78 bits per heavy atom. The predicted molar refractivity (Wildman–Crippen MR) is 86.9 cm³/mol. The van der Waals surface area contributed by atoms with Gasteiger partial charge in [-0.05, 0) is 52.0 Å². The zero-order valence-electron chi connectivity index (χ0n) is 13.8. The number of carbonyl (C=O) groups is 2. The first-order chi connectivity index (χ1) is 10.6. The first-order valence-electron chi connectivity index (χ1n) is 7.52. The number of nitrogens with zero attached hydrogens (tertiary/aromatic N) is 1. The van der Waals surface area contributed by atoms with Gasteiger partial charge in [-0.15, -0.1) is 0 Å². The highest BCUT2D eigenvalue weighted by Gasteiger charge is 2.40. The molecule has 1 aliphatic rings. The van der Waals surface area contributed by atoms with Gasteiger partial charge in [0.2, 0.25) is 5.91 Å². The van der Waals surface area contributed by atoms with E-state index in [4.69, 9.17) is 0 Å². The number of carbonyl (C=O) groups excluding carboxylic acids is 2. The average molecular weight is 338 g/mol. The van der Waals surface area contributed by atoms with E-state index >= 15 is 0 Å². The van der Waals surface area contributed by atoms with Crippen molar-refractivity contribution < 1.29 is 18.0 Å². The molecule has 0 bridgehead atoms. The number of hydrogen-bond donors (Lipinski definition) is 1. The summed E-state index contributed by atoms with van der Waals surface area (Å²) in [6, 6.07) is 5.89. The van der Waals surface area contributed by atoms with Gasteiger partial charge in [-0.25, -0.2) is 8.42 Å². The molecule has 23 heavy (non-hydrogen) atoms. The summed E-state index contributed by atoms with van der Waals surface area (Å²) in [5.41, 5.74) is -0.562. The average Bonchev–Trinajstić information content (AvgIpc) is 2.49. The smallest absolute Gasteiger partial charge is 0.254 e. The topological polar surface area (TPSA) is 83.6 Å². The van der Waals surface area contributed by atoms with Gasteiger partial charge in [-0.3, -0.25) is 9.59 Å². The summed E-state index contributed by atoms with van der Waals surface area (Å²) < 4.78 is 24.2. The number of piperazine rings is 1. The standard InChI is InChI=1S/C16H22N2O4S/c1-11(2)23(21,22)13-7-5-12(6-8-13)14(19)18-10-9-17-15(20)16(18,3)4/h5-8,11H,9-10H2,1-4H3,(H,17,20). The van der Waals surface area contributed by atoms with Crippen LogP contribution in [0.5, 0.6) is 0 Å². The number of benzene rings is 1. The molecule has 1 aromatic carbocycles. The third-order valence-electron chi connectivity index (χ3n) is 4.15. The second-order valence-electron chi connectivity index (χ2n) is 6.39. The van der Waals surface area contributed by atoms with Crippen molar-refractivity contribution in [3.8, 4) is 0 Å². The molecule has 126 valence electrons. The Bertz CT molecular complexity index is 721. The molecular formula is C16H22N2O4S. The second-order valence-corrected chi connectivity index (χ2v) is 8.89. The molecule has 0 saturated carbocycles. The summed E-state index contributed by atoms with van der Waals surface area (Å²) >= 11 is 0. The van der Waals surface area contributed by atoms with E-state index in [1.54, 1.807) is 27.7 Å². The van der Waals surface area contributed by atoms with Crippen molar-refractivity contribution in [3.05, 3.63) is 29.8 Å². The lowest BCUT2D eigenvalue weighted by Gasteiger charge is -2.41. The van der Waals surface area contributed by atoms with Gasteiger partial charge in [0, 0.05) is 18.7 Å². The minimum Gasteiger partial charge on any atom is -0.352 e. The van der Waals surface area contributed by atoms with Gasteiger partial charge >= 0.3 is 0 Å². The zero-order valence-corrected chi connectivity index (χ0v) is 14.6. The second kappa shape index (κ2) is 5.96. The van der Waals surface area contributed by atoms with E-state index in [1.807, 2.05) is 0 Å². The predicted octanol–water partition coefficient (Wildman–Crippen LogP) is 1.22. The molecule has 1 aliphatic heterocycles. The Morgan fingerprint density at radius 3 is 2.30 bits per heavy atom. The Morgan fingerprint density at radius 1 is 1.22 bits per heavy atom. The van der Waals surface area contributed by atoms with Crippen LogP contribution in [0, 0.1) is 0 Å². The maximum atomic E-state index is 12.7. The number of hydrogen-bond acceptors (Lipinski definition) is 4. The van der Waals surface area contributed by atoms with Crippen LogP contribution in [-0.2, 0) is 14.6 Å². The van der Waals surface area contributed by atoms with Gasteiger partial charge in [0.25, 0.3) is 5.91 Å². The van der Waals surface area contributed by atoms with Crippen molar-refractivity contribution in [1.29, 1.82) is 0 Å². The van der Waals surface area contributed by atoms with E-state index in [2.05, 4.69) is 5.32 Å². The Labute approximate surface area is 136 Å². The molecule has 1 fully saturated rings. The minimum absolute atomic E-state index is 0.194. The third kappa shape index (κ3) is 3.10. The minimum atomic E-state index is -3.36. The highest BCUT2D eigenvalue weighted by atomic mass is 32.2. The largest absolute Gasteiger partial charge is 0.352 e. The summed E-state index contributed by atoms with van der Waals surface area (Å²) in [7, 11) is -3.36. The monoisotopic (exact) mass is 338 g/mol. The van der Waals surface area contributed by atoms with Crippen LogP contribution in [0.4, 0.5) is 0 Å². The fourth-order valence-electron chi connectivity index (χ4n) is 2.47. The quantitative estimate of drug-likeness (QED) is 0.898. The van der Waals surface area contributed by atoms with Crippen molar-refractivity contribution in [2.45, 2.75) is 43.4 Å². The van der Waals surface area contributed by atoms with Crippen LogP contribution in [0.15, 0.2) is 29.2 Å². The maximum Gasteiger partial charge on any atom is 0.254 e. The SMILES string of the molecule is CC(C)S(=O)(=O)c1ccc(C(=O)N2CCNC(=O)C2(C)C)cc1. The van der Waals surface area contributed by atoms with Crippen molar-refractivity contribution in [3.63, 3.8) is 0 Å². The lowest BCUT2D eigenvalue weighted by atomic mass is 9.97. The molecular weight excluding hydrogens is 316 g/mol. The summed E-state index contributed by atoms with van der Waals surface area (Å²) in [5.74, 6) is -0.477. The van der Waals surface area contributed by atoms with Crippen LogP contribution < -0.4 is 5.32 Å². The maximum absolute atomic E-state index is 12.7. The van der Waals surface area contributed by atoms with Crippen molar-refractivity contribution in [2.75, 3.05) is 13.1 Å². The van der Waals surface area contributed by atoms with Crippen LogP contribution in [0.1, 0.15) is 38.1 Å². The number of rotatable bonds is 3. The first-order valence-corrected chi connectivity index (χ1v) is 9.07. The van der Waals surface area contributed by atoms with E-state index < -0.39 is 20.6 Å². The van der Waals surface area contributed by atoms with Gasteiger partial charge in [-0.2, -0.15) is 0 Å². The molecule has 2 rings (SSSR count). The lowest BCUT2D eigenvalue weighted by molar-refractivity contribution is -0.133. The van der Waals surface area contributed by atoms with Gasteiger partial charge in [0.1, 0.15) is 5.54 Å².